The van der Waals surface area contributed by atoms with Crippen LogP contribution in [0.3, 0.4) is 0 Å². The summed E-state index contributed by atoms with van der Waals surface area (Å²) in [6.07, 6.45) is 2.47. The third kappa shape index (κ3) is 3.88. The summed E-state index contributed by atoms with van der Waals surface area (Å²) in [6.45, 7) is 2.07. The fourth-order valence-electron chi connectivity index (χ4n) is 4.29. The van der Waals surface area contributed by atoms with Crippen molar-refractivity contribution in [2.24, 2.45) is 0 Å². The van der Waals surface area contributed by atoms with Crippen LogP contribution in [0.1, 0.15) is 26.5 Å². The number of imidazole rings is 1. The molecular weight excluding hydrogens is 420 g/mol. The Balaban J connectivity index is 1.28. The summed E-state index contributed by atoms with van der Waals surface area (Å²) in [5, 5.41) is 1.04. The SMILES string of the molecule is COCCc1nc2cnc3ccccc3c2n1CCOCCN1C(=O)c2ccccc2C1=O. The van der Waals surface area contributed by atoms with E-state index < -0.39 is 0 Å². The maximum atomic E-state index is 12.5. The van der Waals surface area contributed by atoms with E-state index in [1.165, 1.54) is 4.90 Å². The molecule has 2 aromatic heterocycles. The van der Waals surface area contributed by atoms with Crippen molar-refractivity contribution in [2.45, 2.75) is 13.0 Å². The Morgan fingerprint density at radius 3 is 2.30 bits per heavy atom. The lowest BCUT2D eigenvalue weighted by Crippen LogP contribution is -2.33. The number of aromatic nitrogens is 3. The van der Waals surface area contributed by atoms with Crippen molar-refractivity contribution in [3.8, 4) is 0 Å². The minimum Gasteiger partial charge on any atom is -0.384 e. The average Bonchev–Trinajstić information content (AvgIpc) is 3.33. The fraction of sp³-hybridized carbons (Fsp3) is 0.280. The van der Waals surface area contributed by atoms with Gasteiger partial charge in [0.15, 0.2) is 0 Å². The number of rotatable bonds is 9. The molecule has 8 nitrogen and oxygen atoms in total. The molecule has 8 heteroatoms. The normalized spacial score (nSPS) is 13.4. The van der Waals surface area contributed by atoms with Gasteiger partial charge in [-0.3, -0.25) is 19.5 Å². The molecule has 2 aromatic carbocycles. The Morgan fingerprint density at radius 1 is 0.848 bits per heavy atom. The quantitative estimate of drug-likeness (QED) is 0.291. The highest BCUT2D eigenvalue weighted by atomic mass is 16.5. The predicted octanol–water partition coefficient (Wildman–Crippen LogP) is 3.09. The molecule has 0 spiro atoms. The van der Waals surface area contributed by atoms with Gasteiger partial charge in [-0.2, -0.15) is 0 Å². The van der Waals surface area contributed by atoms with E-state index in [0.29, 0.717) is 37.3 Å². The second kappa shape index (κ2) is 9.09. The van der Waals surface area contributed by atoms with Crippen LogP contribution in [0.15, 0.2) is 54.7 Å². The van der Waals surface area contributed by atoms with Gasteiger partial charge in [0, 0.05) is 25.5 Å². The zero-order valence-corrected chi connectivity index (χ0v) is 18.4. The molecule has 0 bridgehead atoms. The molecule has 1 aliphatic heterocycles. The molecule has 3 heterocycles. The minimum atomic E-state index is -0.263. The lowest BCUT2D eigenvalue weighted by Gasteiger charge is -2.15. The zero-order chi connectivity index (χ0) is 22.8. The van der Waals surface area contributed by atoms with Gasteiger partial charge in [-0.15, -0.1) is 0 Å². The average molecular weight is 444 g/mol. The number of carbonyl (C=O) groups excluding carboxylic acids is 2. The Bertz CT molecular complexity index is 1310. The Labute approximate surface area is 190 Å². The van der Waals surface area contributed by atoms with Crippen molar-refractivity contribution < 1.29 is 19.1 Å². The molecule has 5 rings (SSSR count). The van der Waals surface area contributed by atoms with Crippen molar-refractivity contribution >= 4 is 33.8 Å². The number of benzene rings is 2. The maximum absolute atomic E-state index is 12.5. The van der Waals surface area contributed by atoms with Crippen LogP contribution in [0.25, 0.3) is 21.9 Å². The van der Waals surface area contributed by atoms with Crippen LogP contribution < -0.4 is 0 Å². The Hall–Kier alpha value is -3.62. The summed E-state index contributed by atoms with van der Waals surface area (Å²) < 4.78 is 13.3. The zero-order valence-electron chi connectivity index (χ0n) is 18.4. The number of imide groups is 1. The molecule has 33 heavy (non-hydrogen) atoms. The van der Waals surface area contributed by atoms with Crippen molar-refractivity contribution in [1.29, 1.82) is 0 Å². The molecule has 168 valence electrons. The topological polar surface area (TPSA) is 86.6 Å². The summed E-state index contributed by atoms with van der Waals surface area (Å²) in [6, 6.07) is 14.9. The number of nitrogens with zero attached hydrogens (tertiary/aromatic N) is 4. The van der Waals surface area contributed by atoms with E-state index in [0.717, 1.165) is 27.8 Å². The van der Waals surface area contributed by atoms with E-state index >= 15 is 0 Å². The number of hydrogen-bond donors (Lipinski definition) is 0. The molecule has 0 aliphatic carbocycles. The lowest BCUT2D eigenvalue weighted by molar-refractivity contribution is 0.0556. The second-order valence-electron chi connectivity index (χ2n) is 7.85. The van der Waals surface area contributed by atoms with Crippen LogP contribution in [0.5, 0.6) is 0 Å². The lowest BCUT2D eigenvalue weighted by atomic mass is 10.1. The molecule has 0 radical (unpaired) electrons. The first-order chi connectivity index (χ1) is 16.2. The third-order valence-corrected chi connectivity index (χ3v) is 5.89. The van der Waals surface area contributed by atoms with Gasteiger partial charge in [-0.05, 0) is 18.2 Å². The van der Waals surface area contributed by atoms with E-state index in [-0.39, 0.29) is 25.0 Å². The van der Waals surface area contributed by atoms with E-state index in [1.54, 1.807) is 37.6 Å². The maximum Gasteiger partial charge on any atom is 0.261 e. The number of amides is 2. The predicted molar refractivity (Wildman–Crippen MR) is 123 cm³/mol. The largest absolute Gasteiger partial charge is 0.384 e. The van der Waals surface area contributed by atoms with Crippen molar-refractivity contribution in [2.75, 3.05) is 33.5 Å². The van der Waals surface area contributed by atoms with Gasteiger partial charge in [0.05, 0.1) is 54.7 Å². The monoisotopic (exact) mass is 444 g/mol. The van der Waals surface area contributed by atoms with Crippen LogP contribution in [0.2, 0.25) is 0 Å². The van der Waals surface area contributed by atoms with Crippen LogP contribution in [-0.2, 0) is 22.4 Å². The number of pyridine rings is 1. The molecule has 4 aromatic rings. The van der Waals surface area contributed by atoms with E-state index in [4.69, 9.17) is 14.5 Å². The fourth-order valence-corrected chi connectivity index (χ4v) is 4.29. The molecule has 0 saturated carbocycles. The second-order valence-corrected chi connectivity index (χ2v) is 7.85. The molecule has 0 saturated heterocycles. The summed E-state index contributed by atoms with van der Waals surface area (Å²) in [7, 11) is 1.67. The van der Waals surface area contributed by atoms with Crippen LogP contribution in [-0.4, -0.2) is 64.7 Å². The van der Waals surface area contributed by atoms with Gasteiger partial charge < -0.3 is 14.0 Å². The van der Waals surface area contributed by atoms with E-state index in [9.17, 15) is 9.59 Å². The number of methoxy groups -OCH3 is 1. The molecule has 0 atom stereocenters. The van der Waals surface area contributed by atoms with Crippen LogP contribution in [0.4, 0.5) is 0 Å². The highest BCUT2D eigenvalue weighted by Gasteiger charge is 2.34. The number of para-hydroxylation sites is 1. The summed E-state index contributed by atoms with van der Waals surface area (Å²) in [5.41, 5.74) is 3.68. The molecule has 0 N–H and O–H groups in total. The minimum absolute atomic E-state index is 0.223. The standard InChI is InChI=1S/C25H24N4O4/c1-32-13-10-22-27-21-16-26-20-9-5-4-8-19(20)23(21)28(22)11-14-33-15-12-29-24(30)17-6-2-3-7-18(17)25(29)31/h2-9,16H,10-15H2,1H3. The number of carbonyl (C=O) groups is 2. The molecule has 1 aliphatic rings. The summed E-state index contributed by atoms with van der Waals surface area (Å²) in [4.78, 5) is 35.5. The van der Waals surface area contributed by atoms with Crippen molar-refractivity contribution in [3.05, 3.63) is 71.7 Å². The number of ether oxygens (including phenoxy) is 2. The highest BCUT2D eigenvalue weighted by molar-refractivity contribution is 6.21. The van der Waals surface area contributed by atoms with Gasteiger partial charge in [-0.25, -0.2) is 4.98 Å². The third-order valence-electron chi connectivity index (χ3n) is 5.89. The van der Waals surface area contributed by atoms with Crippen LogP contribution >= 0.6 is 0 Å². The highest BCUT2D eigenvalue weighted by Crippen LogP contribution is 2.25. The number of fused-ring (bicyclic) bond motifs is 4. The first-order valence-corrected chi connectivity index (χ1v) is 10.9. The number of hydrogen-bond acceptors (Lipinski definition) is 6. The van der Waals surface area contributed by atoms with Gasteiger partial charge in [0.2, 0.25) is 0 Å². The van der Waals surface area contributed by atoms with Crippen molar-refractivity contribution in [3.63, 3.8) is 0 Å². The smallest absolute Gasteiger partial charge is 0.261 e. The van der Waals surface area contributed by atoms with E-state index in [1.807, 2.05) is 24.3 Å². The van der Waals surface area contributed by atoms with Crippen molar-refractivity contribution in [1.82, 2.24) is 19.4 Å². The first kappa shape index (κ1) is 21.2. The van der Waals surface area contributed by atoms with Gasteiger partial charge in [0.25, 0.3) is 11.8 Å². The van der Waals surface area contributed by atoms with Gasteiger partial charge >= 0.3 is 0 Å². The molecule has 2 amide bonds. The van der Waals surface area contributed by atoms with Gasteiger partial charge in [-0.1, -0.05) is 30.3 Å². The first-order valence-electron chi connectivity index (χ1n) is 10.9. The summed E-state index contributed by atoms with van der Waals surface area (Å²) in [5.74, 6) is 0.384. The summed E-state index contributed by atoms with van der Waals surface area (Å²) >= 11 is 0. The van der Waals surface area contributed by atoms with E-state index in [2.05, 4.69) is 9.55 Å². The molecule has 0 unspecified atom stereocenters. The molecular formula is C25H24N4O4. The Kier molecular flexibility index (Phi) is 5.85. The van der Waals surface area contributed by atoms with Crippen LogP contribution in [0, 0.1) is 0 Å². The molecule has 0 fully saturated rings. The Morgan fingerprint density at radius 2 is 1.55 bits per heavy atom. The van der Waals surface area contributed by atoms with Gasteiger partial charge in [0.1, 0.15) is 11.3 Å².